The molecule has 3 rings (SSSR count). The number of methoxy groups -OCH3 is 2. The highest BCUT2D eigenvalue weighted by Gasteiger charge is 2.35. The highest BCUT2D eigenvalue weighted by Crippen LogP contribution is 2.33. The third-order valence-corrected chi connectivity index (χ3v) is 4.17. The predicted octanol–water partition coefficient (Wildman–Crippen LogP) is 2.13. The summed E-state index contributed by atoms with van der Waals surface area (Å²) in [5.41, 5.74) is 0.842. The van der Waals surface area contributed by atoms with Gasteiger partial charge in [-0.1, -0.05) is 0 Å². The van der Waals surface area contributed by atoms with Gasteiger partial charge in [0.1, 0.15) is 0 Å². The van der Waals surface area contributed by atoms with E-state index in [1.165, 1.54) is 14.2 Å². The number of carbonyl (C=O) groups excluding carboxylic acids is 2. The smallest absolute Gasteiger partial charge is 0.244 e. The van der Waals surface area contributed by atoms with Crippen molar-refractivity contribution in [2.45, 2.75) is 6.42 Å². The zero-order valence-corrected chi connectivity index (χ0v) is 15.7. The Morgan fingerprint density at radius 2 is 1.93 bits per heavy atom. The number of nitrogens with zero attached hydrogens (tertiary/aromatic N) is 3. The Bertz CT molecular complexity index is 914. The van der Waals surface area contributed by atoms with Crippen LogP contribution in [0.15, 0.2) is 27.6 Å². The maximum atomic E-state index is 12.6. The lowest BCUT2D eigenvalue weighted by Crippen LogP contribution is -2.27. The summed E-state index contributed by atoms with van der Waals surface area (Å²) in [6, 6.07) is 5.10. The summed E-state index contributed by atoms with van der Waals surface area (Å²) in [5, 5.41) is 0. The Morgan fingerprint density at radius 1 is 1.19 bits per heavy atom. The Kier molecular flexibility index (Phi) is 5.36. The fraction of sp³-hybridized carbons (Fsp3) is 0.368. The van der Waals surface area contributed by atoms with E-state index in [-0.39, 0.29) is 41.0 Å². The van der Waals surface area contributed by atoms with Crippen molar-refractivity contribution in [1.82, 2.24) is 9.88 Å². The third kappa shape index (κ3) is 3.75. The van der Waals surface area contributed by atoms with Crippen molar-refractivity contribution in [3.63, 3.8) is 0 Å². The number of aromatic nitrogens is 1. The van der Waals surface area contributed by atoms with E-state index in [1.807, 2.05) is 19.0 Å². The van der Waals surface area contributed by atoms with Crippen molar-refractivity contribution in [3.05, 3.63) is 29.7 Å². The van der Waals surface area contributed by atoms with Crippen LogP contribution in [0.2, 0.25) is 0 Å². The molecule has 0 saturated carbocycles. The largest absolute Gasteiger partial charge is 0.493 e. The van der Waals surface area contributed by atoms with Crippen LogP contribution in [0.3, 0.4) is 0 Å². The van der Waals surface area contributed by atoms with Gasteiger partial charge in [0.15, 0.2) is 23.0 Å². The monoisotopic (exact) mass is 371 g/mol. The molecule has 0 unspecified atom stereocenters. The quantitative estimate of drug-likeness (QED) is 0.768. The molecule has 0 N–H and O–H groups in total. The lowest BCUT2D eigenvalue weighted by molar-refractivity contribution is 0.0949. The van der Waals surface area contributed by atoms with E-state index in [9.17, 15) is 9.59 Å². The number of rotatable bonds is 6. The minimum Gasteiger partial charge on any atom is -0.493 e. The number of fused-ring (bicyclic) bond motifs is 1. The lowest BCUT2D eigenvalue weighted by atomic mass is 9.97. The highest BCUT2D eigenvalue weighted by atomic mass is 16.5. The Balaban J connectivity index is 1.93. The van der Waals surface area contributed by atoms with Gasteiger partial charge in [-0.05, 0) is 32.3 Å². The van der Waals surface area contributed by atoms with Crippen LogP contribution in [0.4, 0.5) is 0 Å². The molecule has 0 saturated heterocycles. The first-order valence-corrected chi connectivity index (χ1v) is 8.43. The standard InChI is InChI=1S/C19H21N3O5/c1-22(2)8-7-20-12-10-13(23)16-18(17(12)24)27-19(21-16)11-5-6-14(25-3)15(9-11)26-4/h5-6,9H,7-8,10H2,1-4H3. The van der Waals surface area contributed by atoms with Crippen molar-refractivity contribution in [2.24, 2.45) is 4.99 Å². The van der Waals surface area contributed by atoms with E-state index in [0.29, 0.717) is 30.2 Å². The molecule has 0 fully saturated rings. The van der Waals surface area contributed by atoms with Crippen molar-refractivity contribution in [1.29, 1.82) is 0 Å². The summed E-state index contributed by atoms with van der Waals surface area (Å²) in [7, 11) is 6.89. The Labute approximate surface area is 156 Å². The number of oxazole rings is 1. The number of benzene rings is 1. The summed E-state index contributed by atoms with van der Waals surface area (Å²) in [4.78, 5) is 35.5. The van der Waals surface area contributed by atoms with Crippen LogP contribution in [-0.4, -0.2) is 68.6 Å². The van der Waals surface area contributed by atoms with Crippen LogP contribution < -0.4 is 9.47 Å². The van der Waals surface area contributed by atoms with E-state index in [4.69, 9.17) is 13.9 Å². The molecule has 27 heavy (non-hydrogen) atoms. The zero-order chi connectivity index (χ0) is 19.6. The van der Waals surface area contributed by atoms with Crippen LogP contribution >= 0.6 is 0 Å². The number of aliphatic imine (C=N–C) groups is 1. The second kappa shape index (κ2) is 7.71. The van der Waals surface area contributed by atoms with Crippen molar-refractivity contribution >= 4 is 17.3 Å². The fourth-order valence-electron chi connectivity index (χ4n) is 2.72. The van der Waals surface area contributed by atoms with Crippen molar-refractivity contribution in [3.8, 4) is 23.0 Å². The Morgan fingerprint density at radius 3 is 2.59 bits per heavy atom. The maximum Gasteiger partial charge on any atom is 0.244 e. The second-order valence-electron chi connectivity index (χ2n) is 6.33. The van der Waals surface area contributed by atoms with Gasteiger partial charge in [0.2, 0.25) is 17.4 Å². The van der Waals surface area contributed by atoms with Gasteiger partial charge in [-0.25, -0.2) is 4.98 Å². The molecule has 1 aliphatic carbocycles. The molecule has 8 nitrogen and oxygen atoms in total. The van der Waals surface area contributed by atoms with Gasteiger partial charge in [-0.2, -0.15) is 0 Å². The molecule has 0 atom stereocenters. The van der Waals surface area contributed by atoms with Crippen molar-refractivity contribution < 1.29 is 23.5 Å². The Hall–Kier alpha value is -3.00. The van der Waals surface area contributed by atoms with E-state index >= 15 is 0 Å². The molecule has 0 bridgehead atoms. The summed E-state index contributed by atoms with van der Waals surface area (Å²) in [6.07, 6.45) is -0.0584. The SMILES string of the molecule is COc1ccc(-c2nc3c(o2)C(=O)C(=NCCN(C)C)CC3=O)cc1OC. The molecule has 1 aromatic heterocycles. The zero-order valence-electron chi connectivity index (χ0n) is 15.7. The third-order valence-electron chi connectivity index (χ3n) is 4.17. The molecule has 1 aliphatic rings. The number of ether oxygens (including phenoxy) is 2. The number of hydrogen-bond donors (Lipinski definition) is 0. The minimum absolute atomic E-state index is 0.0522. The molecule has 0 spiro atoms. The van der Waals surface area contributed by atoms with Gasteiger partial charge in [0.25, 0.3) is 0 Å². The summed E-state index contributed by atoms with van der Waals surface area (Å²) in [6.45, 7) is 1.12. The van der Waals surface area contributed by atoms with Gasteiger partial charge in [-0.15, -0.1) is 0 Å². The van der Waals surface area contributed by atoms with Crippen LogP contribution in [-0.2, 0) is 0 Å². The maximum absolute atomic E-state index is 12.6. The molecule has 2 aromatic rings. The van der Waals surface area contributed by atoms with Crippen LogP contribution in [0.25, 0.3) is 11.5 Å². The molecule has 142 valence electrons. The molecule has 0 amide bonds. The summed E-state index contributed by atoms with van der Waals surface area (Å²) >= 11 is 0. The first kappa shape index (κ1) is 18.8. The minimum atomic E-state index is -0.386. The van der Waals surface area contributed by atoms with Gasteiger partial charge in [0.05, 0.1) is 32.9 Å². The number of likely N-dealkylation sites (N-methyl/N-ethyl adjacent to an activating group) is 1. The lowest BCUT2D eigenvalue weighted by Gasteiger charge is -2.11. The average molecular weight is 371 g/mol. The van der Waals surface area contributed by atoms with Crippen molar-refractivity contribution in [2.75, 3.05) is 41.4 Å². The summed E-state index contributed by atoms with van der Waals surface area (Å²) in [5.74, 6) is 0.512. The number of Topliss-reactive ketones (excluding diaryl/α,β-unsaturated/α-hetero) is 2. The average Bonchev–Trinajstić information content (AvgIpc) is 3.11. The molecule has 8 heteroatoms. The first-order chi connectivity index (χ1) is 12.9. The van der Waals surface area contributed by atoms with Gasteiger partial charge < -0.3 is 18.8 Å². The number of ketones is 2. The van der Waals surface area contributed by atoms with Gasteiger partial charge in [-0.3, -0.25) is 14.6 Å². The molecule has 0 aliphatic heterocycles. The van der Waals surface area contributed by atoms with Crippen LogP contribution in [0, 0.1) is 0 Å². The number of hydrogen-bond acceptors (Lipinski definition) is 8. The molecule has 1 heterocycles. The van der Waals surface area contributed by atoms with E-state index in [2.05, 4.69) is 9.98 Å². The van der Waals surface area contributed by atoms with Crippen LogP contribution in [0.1, 0.15) is 27.5 Å². The molecule has 0 radical (unpaired) electrons. The normalized spacial score (nSPS) is 15.4. The highest BCUT2D eigenvalue weighted by molar-refractivity contribution is 6.51. The molecular formula is C19H21N3O5. The summed E-state index contributed by atoms with van der Waals surface area (Å²) < 4.78 is 16.1. The van der Waals surface area contributed by atoms with E-state index < -0.39 is 0 Å². The first-order valence-electron chi connectivity index (χ1n) is 8.43. The van der Waals surface area contributed by atoms with Gasteiger partial charge >= 0.3 is 0 Å². The number of carbonyl (C=O) groups is 2. The molecule has 1 aromatic carbocycles. The topological polar surface area (TPSA) is 94.2 Å². The van der Waals surface area contributed by atoms with Gasteiger partial charge in [0, 0.05) is 12.1 Å². The van der Waals surface area contributed by atoms with Crippen LogP contribution in [0.5, 0.6) is 11.5 Å². The fourth-order valence-corrected chi connectivity index (χ4v) is 2.72. The van der Waals surface area contributed by atoms with E-state index in [0.717, 1.165) is 0 Å². The second-order valence-corrected chi connectivity index (χ2v) is 6.33. The van der Waals surface area contributed by atoms with E-state index in [1.54, 1.807) is 18.2 Å². The predicted molar refractivity (Wildman–Crippen MR) is 99.2 cm³/mol. The molecular weight excluding hydrogens is 350 g/mol.